The number of aryl methyl sites for hydroxylation is 1. The molecule has 2 aliphatic heterocycles. The third kappa shape index (κ3) is 8.26. The highest BCUT2D eigenvalue weighted by Gasteiger charge is 2.67. The first-order chi connectivity index (χ1) is 22.0. The van der Waals surface area contributed by atoms with E-state index in [4.69, 9.17) is 28.0 Å². The molecule has 20 heteroatoms. The van der Waals surface area contributed by atoms with Crippen molar-refractivity contribution in [2.75, 3.05) is 20.3 Å². The Labute approximate surface area is 289 Å². The van der Waals surface area contributed by atoms with Gasteiger partial charge in [-0.05, 0) is 49.6 Å². The van der Waals surface area contributed by atoms with Crippen LogP contribution in [0, 0.1) is 6.92 Å². The lowest BCUT2D eigenvalue weighted by Crippen LogP contribution is -2.59. The minimum Gasteiger partial charge on any atom is -0.460 e. The molecule has 0 aliphatic carbocycles. The molecule has 2 unspecified atom stereocenters. The van der Waals surface area contributed by atoms with Crippen molar-refractivity contribution in [3.05, 3.63) is 43.7 Å². The van der Waals surface area contributed by atoms with E-state index < -0.39 is 82.0 Å². The number of rotatable bonds is 12. The molecule has 280 valence electrons. The maximum atomic E-state index is 14.1. The first-order valence-corrected chi connectivity index (χ1v) is 24.7. The second kappa shape index (κ2) is 13.9. The Morgan fingerprint density at radius 1 is 1.10 bits per heavy atom. The summed E-state index contributed by atoms with van der Waals surface area (Å²) < 4.78 is 75.0. The third-order valence-corrected chi connectivity index (χ3v) is 21.1. The maximum Gasteiger partial charge on any atom is 0.435 e. The fourth-order valence-corrected chi connectivity index (χ4v) is 9.15. The van der Waals surface area contributed by atoms with Gasteiger partial charge in [0, 0.05) is 18.3 Å². The maximum absolute atomic E-state index is 14.1. The van der Waals surface area contributed by atoms with Crippen molar-refractivity contribution in [3.8, 4) is 0 Å². The molecule has 1 aromatic heterocycles. The summed E-state index contributed by atoms with van der Waals surface area (Å²) in [5.74, 6) is 0. The summed E-state index contributed by atoms with van der Waals surface area (Å²) in [4.78, 5) is 48.6. The van der Waals surface area contributed by atoms with E-state index in [1.54, 1.807) is 0 Å². The summed E-state index contributed by atoms with van der Waals surface area (Å²) in [6.07, 6.45) is -2.60. The molecule has 0 bridgehead atoms. The van der Waals surface area contributed by atoms with Crippen molar-refractivity contribution in [2.24, 2.45) is 5.73 Å². The summed E-state index contributed by atoms with van der Waals surface area (Å²) in [6, 6.07) is 0. The molecule has 1 fully saturated rings. The van der Waals surface area contributed by atoms with Crippen LogP contribution in [0.4, 0.5) is 4.79 Å². The number of nitrogens with zero attached hydrogens (tertiary/aromatic N) is 2. The normalized spacial score (nSPS) is 25.7. The Balaban J connectivity index is 2.18. The Morgan fingerprint density at radius 3 is 2.16 bits per heavy atom. The zero-order chi connectivity index (χ0) is 37.8. The van der Waals surface area contributed by atoms with E-state index in [1.165, 1.54) is 13.1 Å². The molecule has 0 aromatic carbocycles. The average molecular weight is 770 g/mol. The number of carbonyl (C=O) groups excluding carboxylic acids is 1. The summed E-state index contributed by atoms with van der Waals surface area (Å²) in [6.45, 7) is 20.7. The van der Waals surface area contributed by atoms with Crippen LogP contribution < -0.4 is 17.0 Å². The molecule has 3 N–H and O–H groups in total. The summed E-state index contributed by atoms with van der Waals surface area (Å²) >= 11 is 0. The molecule has 0 radical (unpaired) electrons. The van der Waals surface area contributed by atoms with Gasteiger partial charge in [0.15, 0.2) is 28.5 Å². The number of aromatic nitrogens is 2. The van der Waals surface area contributed by atoms with E-state index in [1.807, 2.05) is 67.7 Å². The van der Waals surface area contributed by atoms with Crippen LogP contribution in [-0.2, 0) is 48.3 Å². The molecule has 0 saturated carbocycles. The van der Waals surface area contributed by atoms with Gasteiger partial charge >= 0.3 is 19.0 Å². The van der Waals surface area contributed by atoms with Crippen LogP contribution in [0.25, 0.3) is 0 Å². The lowest BCUT2D eigenvalue weighted by atomic mass is 9.89. The van der Waals surface area contributed by atoms with Crippen LogP contribution in [0.5, 0.6) is 0 Å². The van der Waals surface area contributed by atoms with Gasteiger partial charge in [-0.2, -0.15) is 8.42 Å². The van der Waals surface area contributed by atoms with Crippen molar-refractivity contribution < 1.29 is 49.7 Å². The molecular formula is C29H52N3O13PSSi2. The SMILES string of the molecule is COC(=O)P(=O)(O)OCCCn1c(=O)c(C)cn([C@@H]2O[C@H](CO[Si](C)(C)C(C)(C)C)C3(OS(=O)(=O)C=C3N)[C@H]2O[Si](C)(C)C(C)(C)C)c1=O. The van der Waals surface area contributed by atoms with Gasteiger partial charge in [-0.3, -0.25) is 13.9 Å². The van der Waals surface area contributed by atoms with Gasteiger partial charge in [-0.25, -0.2) is 18.3 Å². The van der Waals surface area contributed by atoms with E-state index in [2.05, 4.69) is 4.74 Å². The highest BCUT2D eigenvalue weighted by atomic mass is 32.2. The molecule has 3 rings (SSSR count). The molecule has 16 nitrogen and oxygen atoms in total. The number of ether oxygens (including phenoxy) is 2. The second-order valence-electron chi connectivity index (χ2n) is 15.5. The molecule has 0 amide bonds. The van der Waals surface area contributed by atoms with E-state index >= 15 is 0 Å². The van der Waals surface area contributed by atoms with Crippen LogP contribution in [-0.4, -0.2) is 82.9 Å². The Hall–Kier alpha value is -1.94. The lowest BCUT2D eigenvalue weighted by Gasteiger charge is -2.43. The topological polar surface area (TPSA) is 214 Å². The summed E-state index contributed by atoms with van der Waals surface area (Å²) in [5, 5.41) is 0.219. The van der Waals surface area contributed by atoms with Gasteiger partial charge in [-0.1, -0.05) is 41.5 Å². The molecule has 1 saturated heterocycles. The molecule has 1 aromatic rings. The highest BCUT2D eigenvalue weighted by molar-refractivity contribution is 7.90. The van der Waals surface area contributed by atoms with Crippen molar-refractivity contribution in [3.63, 3.8) is 0 Å². The first kappa shape index (κ1) is 41.5. The van der Waals surface area contributed by atoms with Crippen molar-refractivity contribution in [1.29, 1.82) is 0 Å². The molecule has 49 heavy (non-hydrogen) atoms. The van der Waals surface area contributed by atoms with Crippen molar-refractivity contribution >= 4 is 40.1 Å². The van der Waals surface area contributed by atoms with Gasteiger partial charge in [0.1, 0.15) is 12.2 Å². The fourth-order valence-electron chi connectivity index (χ4n) is 4.93. The van der Waals surface area contributed by atoms with E-state index in [-0.39, 0.29) is 40.9 Å². The predicted octanol–water partition coefficient (Wildman–Crippen LogP) is 3.89. The number of nitrogens with two attached hydrogens (primary N) is 1. The van der Waals surface area contributed by atoms with E-state index in [9.17, 15) is 32.3 Å². The summed E-state index contributed by atoms with van der Waals surface area (Å²) in [7, 11) is -13.4. The van der Waals surface area contributed by atoms with Gasteiger partial charge in [0.25, 0.3) is 15.7 Å². The number of methoxy groups -OCH3 is 1. The standard InChI is InChI=1S/C29H52N3O13PSSi2/c1-19-16-32(25(34)31(23(19)33)14-13-15-41-46(36,37)26(35)40-8)24-22(44-49(11,12)28(5,6)7)29(20(30)18-47(38,39)45-29)21(43-24)17-42-48(9,10)27(2,3)4/h16,18,21-22,24H,13-15,17,30H2,1-12H3,(H,36,37)/t21-,22+,24-,29?/m1/s1. The van der Waals surface area contributed by atoms with Crippen molar-refractivity contribution in [1.82, 2.24) is 9.13 Å². The average Bonchev–Trinajstić information content (AvgIpc) is 3.37. The van der Waals surface area contributed by atoms with Crippen LogP contribution in [0.1, 0.15) is 59.8 Å². The van der Waals surface area contributed by atoms with Crippen LogP contribution in [0.15, 0.2) is 26.9 Å². The quantitative estimate of drug-likeness (QED) is 0.134. The minimum atomic E-state index is -4.73. The van der Waals surface area contributed by atoms with Crippen molar-refractivity contribution in [2.45, 2.75) is 122 Å². The Morgan fingerprint density at radius 2 is 1.67 bits per heavy atom. The van der Waals surface area contributed by atoms with Gasteiger partial charge in [0.2, 0.25) is 0 Å². The molecule has 5 atom stereocenters. The molecule has 1 spiro atoms. The van der Waals surface area contributed by atoms with Gasteiger partial charge < -0.3 is 33.5 Å². The monoisotopic (exact) mass is 769 g/mol. The largest absolute Gasteiger partial charge is 0.460 e. The van der Waals surface area contributed by atoms with Gasteiger partial charge in [0.05, 0.1) is 31.4 Å². The zero-order valence-electron chi connectivity index (χ0n) is 30.4. The van der Waals surface area contributed by atoms with E-state index in [0.717, 1.165) is 21.7 Å². The Kier molecular flexibility index (Phi) is 11.8. The predicted molar refractivity (Wildman–Crippen MR) is 187 cm³/mol. The third-order valence-electron chi connectivity index (χ3n) is 9.91. The highest BCUT2D eigenvalue weighted by Crippen LogP contribution is 2.52. The number of hydrogen-bond donors (Lipinski definition) is 2. The number of carbonyl (C=O) groups is 1. The molecule has 3 heterocycles. The zero-order valence-corrected chi connectivity index (χ0v) is 34.1. The van der Waals surface area contributed by atoms with Crippen LogP contribution in [0.2, 0.25) is 36.3 Å². The molecular weight excluding hydrogens is 718 g/mol. The van der Waals surface area contributed by atoms with Gasteiger partial charge in [-0.15, -0.1) is 0 Å². The lowest BCUT2D eigenvalue weighted by molar-refractivity contribution is -0.0567. The smallest absolute Gasteiger partial charge is 0.435 e. The fraction of sp³-hybridized carbons (Fsp3) is 0.759. The second-order valence-corrected chi connectivity index (χ2v) is 28.1. The molecule has 2 aliphatic rings. The number of hydrogen-bond acceptors (Lipinski definition) is 13. The summed E-state index contributed by atoms with van der Waals surface area (Å²) in [5.41, 5.74) is 1.65. The van der Waals surface area contributed by atoms with Crippen LogP contribution >= 0.6 is 7.60 Å². The first-order valence-electron chi connectivity index (χ1n) is 15.8. The van der Waals surface area contributed by atoms with E-state index in [0.29, 0.717) is 0 Å². The Bertz CT molecular complexity index is 1740. The van der Waals surface area contributed by atoms with Crippen LogP contribution in [0.3, 0.4) is 0 Å². The minimum absolute atomic E-state index is 0.112.